The number of hydrogen-bond donors (Lipinski definition) is 1. The molecule has 1 heterocycles. The van der Waals surface area contributed by atoms with Crippen molar-refractivity contribution in [3.63, 3.8) is 0 Å². The van der Waals surface area contributed by atoms with E-state index in [2.05, 4.69) is 24.2 Å². The van der Waals surface area contributed by atoms with Crippen LogP contribution in [-0.2, 0) is 16.1 Å². The van der Waals surface area contributed by atoms with Crippen molar-refractivity contribution < 1.29 is 24.0 Å². The Balaban J connectivity index is 2.39. The average Bonchev–Trinajstić information content (AvgIpc) is 3.05. The Bertz CT molecular complexity index is 1170. The highest BCUT2D eigenvalue weighted by molar-refractivity contribution is 7.11. The maximum atomic E-state index is 13.0. The first-order valence-corrected chi connectivity index (χ1v) is 12.1. The van der Waals surface area contributed by atoms with E-state index in [0.29, 0.717) is 27.8 Å². The number of hydrogen-bond acceptors (Lipinski definition) is 7. The van der Waals surface area contributed by atoms with E-state index in [0.717, 1.165) is 17.8 Å². The molecular weight excluding hydrogens is 472 g/mol. The van der Waals surface area contributed by atoms with E-state index in [-0.39, 0.29) is 11.3 Å². The Morgan fingerprint density at radius 3 is 2.29 bits per heavy atom. The van der Waals surface area contributed by atoms with Crippen LogP contribution in [0, 0.1) is 23.0 Å². The molecule has 0 unspecified atom stereocenters. The van der Waals surface area contributed by atoms with E-state index in [1.165, 1.54) is 24.3 Å². The van der Waals surface area contributed by atoms with Gasteiger partial charge in [0.05, 0.1) is 4.92 Å². The first kappa shape index (κ1) is 27.9. The molecule has 0 radical (unpaired) electrons. The molecule has 0 bridgehead atoms. The fourth-order valence-electron chi connectivity index (χ4n) is 3.02. The second-order valence-electron chi connectivity index (χ2n) is 9.58. The molecule has 190 valence electrons. The van der Waals surface area contributed by atoms with Gasteiger partial charge in [-0.15, -0.1) is 0 Å². The smallest absolute Gasteiger partial charge is 0.328 e. The number of carbonyl (C=O) groups excluding carboxylic acids is 3. The molecule has 35 heavy (non-hydrogen) atoms. The molecule has 0 aliphatic carbocycles. The van der Waals surface area contributed by atoms with Crippen molar-refractivity contribution in [3.8, 4) is 0 Å². The Morgan fingerprint density at radius 2 is 1.77 bits per heavy atom. The fraction of sp³-hybridized carbons (Fsp3) is 0.500. The number of rotatable bonds is 8. The summed E-state index contributed by atoms with van der Waals surface area (Å²) in [5, 5.41) is 13.5. The number of carbonyl (C=O) groups is 3. The lowest BCUT2D eigenvalue weighted by Gasteiger charge is -2.22. The quantitative estimate of drug-likeness (QED) is 0.328. The second-order valence-corrected chi connectivity index (χ2v) is 10.6. The number of nitro benzene ring substituents is 1. The minimum Gasteiger partial charge on any atom is -0.458 e. The van der Waals surface area contributed by atoms with Crippen LogP contribution in [0.3, 0.4) is 0 Å². The summed E-state index contributed by atoms with van der Waals surface area (Å²) in [6.07, 6.45) is 0.797. The third kappa shape index (κ3) is 7.84. The van der Waals surface area contributed by atoms with Crippen molar-refractivity contribution >= 4 is 34.8 Å². The van der Waals surface area contributed by atoms with Crippen LogP contribution in [0.4, 0.5) is 5.69 Å². The second kappa shape index (κ2) is 11.4. The number of nitrogens with zero attached hydrogens (tertiary/aromatic N) is 3. The zero-order valence-electron chi connectivity index (χ0n) is 21.1. The van der Waals surface area contributed by atoms with E-state index in [1.54, 1.807) is 39.2 Å². The van der Waals surface area contributed by atoms with Gasteiger partial charge in [-0.2, -0.15) is 4.99 Å². The van der Waals surface area contributed by atoms with Gasteiger partial charge in [0.25, 0.3) is 17.5 Å². The third-order valence-electron chi connectivity index (χ3n) is 4.92. The van der Waals surface area contributed by atoms with Gasteiger partial charge < -0.3 is 14.6 Å². The highest BCUT2D eigenvalue weighted by Gasteiger charge is 2.25. The highest BCUT2D eigenvalue weighted by atomic mass is 32.1. The fourth-order valence-corrected chi connectivity index (χ4v) is 4.08. The summed E-state index contributed by atoms with van der Waals surface area (Å²) < 4.78 is 7.13. The standard InChI is InChI=1S/C24H32N4O6S/c1-14(2)12-13-27-16(4)19(21(30)25-15(3)22(31)34-24(5,6)7)35-23(27)26-20(29)17-8-10-18(11-9-17)28(32)33/h8-11,14-15H,12-13H2,1-7H3,(H,25,30)/t15-/m1/s1. The summed E-state index contributed by atoms with van der Waals surface area (Å²) in [7, 11) is 0. The van der Waals surface area contributed by atoms with Crippen molar-refractivity contribution in [3.05, 3.63) is 55.3 Å². The lowest BCUT2D eigenvalue weighted by atomic mass is 10.1. The molecule has 0 aliphatic rings. The molecule has 0 saturated heterocycles. The van der Waals surface area contributed by atoms with Crippen LogP contribution < -0.4 is 10.1 Å². The number of benzene rings is 1. The summed E-state index contributed by atoms with van der Waals surface area (Å²) in [6, 6.07) is 4.31. The predicted octanol–water partition coefficient (Wildman–Crippen LogP) is 4.01. The summed E-state index contributed by atoms with van der Waals surface area (Å²) in [5.41, 5.74) is 0.0129. The maximum Gasteiger partial charge on any atom is 0.328 e. The van der Waals surface area contributed by atoms with Gasteiger partial charge in [0.2, 0.25) is 0 Å². The minimum absolute atomic E-state index is 0.126. The molecule has 0 fully saturated rings. The summed E-state index contributed by atoms with van der Waals surface area (Å²) in [5.74, 6) is -1.21. The summed E-state index contributed by atoms with van der Waals surface area (Å²) in [4.78, 5) is 53.2. The van der Waals surface area contributed by atoms with Crippen LogP contribution in [0.2, 0.25) is 0 Å². The maximum absolute atomic E-state index is 13.0. The van der Waals surface area contributed by atoms with Gasteiger partial charge >= 0.3 is 5.97 Å². The molecule has 10 nitrogen and oxygen atoms in total. The Hall–Kier alpha value is -3.34. The van der Waals surface area contributed by atoms with Gasteiger partial charge in [0, 0.05) is 29.9 Å². The van der Waals surface area contributed by atoms with Gasteiger partial charge in [-0.3, -0.25) is 19.7 Å². The molecule has 1 aromatic carbocycles. The number of aromatic nitrogens is 1. The number of ether oxygens (including phenoxy) is 1. The summed E-state index contributed by atoms with van der Waals surface area (Å²) in [6.45, 7) is 13.2. The molecule has 11 heteroatoms. The molecule has 0 spiro atoms. The third-order valence-corrected chi connectivity index (χ3v) is 6.10. The molecule has 1 atom stereocenters. The first-order chi connectivity index (χ1) is 16.2. The van der Waals surface area contributed by atoms with Gasteiger partial charge in [-0.05, 0) is 59.1 Å². The van der Waals surface area contributed by atoms with E-state index >= 15 is 0 Å². The number of thiazole rings is 1. The average molecular weight is 505 g/mol. The van der Waals surface area contributed by atoms with Gasteiger partial charge in [-0.25, -0.2) is 4.79 Å². The monoisotopic (exact) mass is 504 g/mol. The molecule has 1 N–H and O–H groups in total. The Labute approximate surface area is 208 Å². The molecule has 2 rings (SSSR count). The van der Waals surface area contributed by atoms with Crippen molar-refractivity contribution in [2.45, 2.75) is 73.1 Å². The van der Waals surface area contributed by atoms with Crippen LogP contribution in [0.25, 0.3) is 0 Å². The number of amides is 2. The van der Waals surface area contributed by atoms with Crippen molar-refractivity contribution in [1.29, 1.82) is 0 Å². The van der Waals surface area contributed by atoms with Crippen LogP contribution in [0.15, 0.2) is 29.3 Å². The number of nitro groups is 1. The normalized spacial score (nSPS) is 13.0. The van der Waals surface area contributed by atoms with Crippen LogP contribution >= 0.6 is 11.3 Å². The Kier molecular flexibility index (Phi) is 9.08. The Morgan fingerprint density at radius 1 is 1.17 bits per heavy atom. The van der Waals surface area contributed by atoms with Gasteiger partial charge in [0.1, 0.15) is 16.5 Å². The van der Waals surface area contributed by atoms with E-state index in [1.807, 2.05) is 0 Å². The van der Waals surface area contributed by atoms with Crippen LogP contribution in [0.5, 0.6) is 0 Å². The molecular formula is C24H32N4O6S. The van der Waals surface area contributed by atoms with Crippen LogP contribution in [-0.4, -0.2) is 38.9 Å². The predicted molar refractivity (Wildman–Crippen MR) is 132 cm³/mol. The van der Waals surface area contributed by atoms with Crippen molar-refractivity contribution in [2.24, 2.45) is 10.9 Å². The van der Waals surface area contributed by atoms with Crippen molar-refractivity contribution in [2.75, 3.05) is 0 Å². The van der Waals surface area contributed by atoms with E-state index < -0.39 is 34.3 Å². The van der Waals surface area contributed by atoms with E-state index in [9.17, 15) is 24.5 Å². The molecule has 0 saturated carbocycles. The highest BCUT2D eigenvalue weighted by Crippen LogP contribution is 2.16. The zero-order valence-corrected chi connectivity index (χ0v) is 21.9. The number of nitrogens with one attached hydrogen (secondary N) is 1. The molecule has 2 aromatic rings. The SMILES string of the molecule is Cc1c(C(=O)N[C@H](C)C(=O)OC(C)(C)C)sc(=NC(=O)c2ccc([N+](=O)[O-])cc2)n1CCC(C)C. The molecule has 1 aromatic heterocycles. The zero-order chi connectivity index (χ0) is 26.5. The van der Waals surface area contributed by atoms with Gasteiger partial charge in [0.15, 0.2) is 4.80 Å². The van der Waals surface area contributed by atoms with Crippen LogP contribution in [0.1, 0.15) is 73.7 Å². The largest absolute Gasteiger partial charge is 0.458 e. The summed E-state index contributed by atoms with van der Waals surface area (Å²) >= 11 is 1.05. The van der Waals surface area contributed by atoms with E-state index in [4.69, 9.17) is 4.74 Å². The lowest BCUT2D eigenvalue weighted by Crippen LogP contribution is -2.42. The molecule has 0 aliphatic heterocycles. The minimum atomic E-state index is -0.866. The number of non-ortho nitro benzene ring substituents is 1. The number of esters is 1. The first-order valence-electron chi connectivity index (χ1n) is 11.3. The topological polar surface area (TPSA) is 133 Å². The van der Waals surface area contributed by atoms with Gasteiger partial charge in [-0.1, -0.05) is 25.2 Å². The van der Waals surface area contributed by atoms with Crippen molar-refractivity contribution in [1.82, 2.24) is 9.88 Å². The lowest BCUT2D eigenvalue weighted by molar-refractivity contribution is -0.384. The molecule has 2 amide bonds.